The summed E-state index contributed by atoms with van der Waals surface area (Å²) in [5.41, 5.74) is 1.00. The first-order chi connectivity index (χ1) is 9.58. The summed E-state index contributed by atoms with van der Waals surface area (Å²) in [4.78, 5) is 19.8. The maximum absolute atomic E-state index is 11.4. The second kappa shape index (κ2) is 4.75. The standard InChI is InChI=1S/C14H16N4O2/c1-7-4-10(6-15)17-14(16-7)18-12-9-3-2-8(5-9)11(12)13(19)20/h4,8-9,11-12H,2-3,5H2,1H3,(H,19,20)(H,16,17,18). The van der Waals surface area contributed by atoms with Crippen LogP contribution in [0.3, 0.4) is 0 Å². The number of hydrogen-bond donors (Lipinski definition) is 2. The van der Waals surface area contributed by atoms with Crippen LogP contribution in [0.1, 0.15) is 30.7 Å². The molecule has 2 aliphatic rings. The number of carbonyl (C=O) groups is 1. The fourth-order valence-electron chi connectivity index (χ4n) is 3.69. The van der Waals surface area contributed by atoms with Crippen molar-refractivity contribution in [3.05, 3.63) is 17.5 Å². The molecule has 3 rings (SSSR count). The predicted octanol–water partition coefficient (Wildman–Crippen LogP) is 1.57. The topological polar surface area (TPSA) is 98.9 Å². The molecule has 0 spiro atoms. The van der Waals surface area contributed by atoms with Crippen molar-refractivity contribution in [2.45, 2.75) is 32.2 Å². The Labute approximate surface area is 116 Å². The molecule has 2 saturated carbocycles. The van der Waals surface area contributed by atoms with Crippen molar-refractivity contribution >= 4 is 11.9 Å². The Kier molecular flexibility index (Phi) is 3.05. The van der Waals surface area contributed by atoms with Gasteiger partial charge in [-0.25, -0.2) is 9.97 Å². The highest BCUT2D eigenvalue weighted by atomic mass is 16.4. The van der Waals surface area contributed by atoms with E-state index in [0.717, 1.165) is 19.3 Å². The van der Waals surface area contributed by atoms with Crippen molar-refractivity contribution in [2.24, 2.45) is 17.8 Å². The molecule has 0 aliphatic heterocycles. The third kappa shape index (κ3) is 2.09. The second-order valence-corrected chi connectivity index (χ2v) is 5.70. The number of hydrogen-bond acceptors (Lipinski definition) is 5. The maximum Gasteiger partial charge on any atom is 0.308 e. The summed E-state index contributed by atoms with van der Waals surface area (Å²) in [6.45, 7) is 1.79. The Morgan fingerprint density at radius 1 is 1.45 bits per heavy atom. The number of nitrogens with zero attached hydrogens (tertiary/aromatic N) is 3. The number of carboxylic acids is 1. The Morgan fingerprint density at radius 3 is 2.90 bits per heavy atom. The third-order valence-corrected chi connectivity index (χ3v) is 4.47. The lowest BCUT2D eigenvalue weighted by Gasteiger charge is -2.28. The highest BCUT2D eigenvalue weighted by Gasteiger charge is 2.51. The zero-order valence-corrected chi connectivity index (χ0v) is 11.2. The van der Waals surface area contributed by atoms with Crippen molar-refractivity contribution in [3.8, 4) is 6.07 Å². The van der Waals surface area contributed by atoms with Gasteiger partial charge in [-0.1, -0.05) is 0 Å². The average molecular weight is 272 g/mol. The van der Waals surface area contributed by atoms with E-state index in [0.29, 0.717) is 23.3 Å². The normalized spacial score (nSPS) is 31.0. The van der Waals surface area contributed by atoms with Gasteiger partial charge >= 0.3 is 5.97 Å². The number of aryl methyl sites for hydroxylation is 1. The van der Waals surface area contributed by atoms with Gasteiger partial charge in [-0.15, -0.1) is 0 Å². The second-order valence-electron chi connectivity index (χ2n) is 5.70. The molecular weight excluding hydrogens is 256 g/mol. The van der Waals surface area contributed by atoms with Gasteiger partial charge in [0.25, 0.3) is 0 Å². The fourth-order valence-corrected chi connectivity index (χ4v) is 3.69. The molecule has 0 saturated heterocycles. The van der Waals surface area contributed by atoms with Gasteiger partial charge in [-0.2, -0.15) is 5.26 Å². The van der Waals surface area contributed by atoms with E-state index in [1.807, 2.05) is 6.07 Å². The van der Waals surface area contributed by atoms with Crippen LogP contribution in [0.4, 0.5) is 5.95 Å². The fraction of sp³-hybridized carbons (Fsp3) is 0.571. The molecule has 2 fully saturated rings. The van der Waals surface area contributed by atoms with E-state index in [1.54, 1.807) is 13.0 Å². The van der Waals surface area contributed by atoms with Crippen LogP contribution < -0.4 is 5.32 Å². The highest BCUT2D eigenvalue weighted by Crippen LogP contribution is 2.49. The van der Waals surface area contributed by atoms with Gasteiger partial charge in [0.15, 0.2) is 0 Å². The molecule has 6 heteroatoms. The molecule has 1 aromatic rings. The van der Waals surface area contributed by atoms with Crippen molar-refractivity contribution in [2.75, 3.05) is 5.32 Å². The molecular formula is C14H16N4O2. The number of rotatable bonds is 3. The summed E-state index contributed by atoms with van der Waals surface area (Å²) in [5.74, 6) is -0.123. The van der Waals surface area contributed by atoms with E-state index >= 15 is 0 Å². The summed E-state index contributed by atoms with van der Waals surface area (Å²) in [6, 6.07) is 3.48. The van der Waals surface area contributed by atoms with Crippen LogP contribution in [-0.2, 0) is 4.79 Å². The lowest BCUT2D eigenvalue weighted by Crippen LogP contribution is -2.39. The van der Waals surface area contributed by atoms with Gasteiger partial charge < -0.3 is 10.4 Å². The molecule has 2 N–H and O–H groups in total. The lowest BCUT2D eigenvalue weighted by molar-refractivity contribution is -0.143. The summed E-state index contributed by atoms with van der Waals surface area (Å²) in [5, 5.41) is 21.5. The molecule has 1 aromatic heterocycles. The molecule has 6 nitrogen and oxygen atoms in total. The molecule has 0 radical (unpaired) electrons. The maximum atomic E-state index is 11.4. The van der Waals surface area contributed by atoms with Crippen LogP contribution in [0, 0.1) is 36.0 Å². The highest BCUT2D eigenvalue weighted by molar-refractivity contribution is 5.73. The summed E-state index contributed by atoms with van der Waals surface area (Å²) < 4.78 is 0. The molecule has 20 heavy (non-hydrogen) atoms. The molecule has 104 valence electrons. The van der Waals surface area contributed by atoms with Crippen LogP contribution in [0.5, 0.6) is 0 Å². The summed E-state index contributed by atoms with van der Waals surface area (Å²) >= 11 is 0. The van der Waals surface area contributed by atoms with E-state index in [1.165, 1.54) is 0 Å². The van der Waals surface area contributed by atoms with E-state index in [-0.39, 0.29) is 17.9 Å². The van der Waals surface area contributed by atoms with Gasteiger partial charge in [-0.3, -0.25) is 4.79 Å². The Balaban J connectivity index is 1.85. The lowest BCUT2D eigenvalue weighted by atomic mass is 9.84. The zero-order valence-electron chi connectivity index (χ0n) is 11.2. The van der Waals surface area contributed by atoms with E-state index in [4.69, 9.17) is 5.26 Å². The molecule has 0 amide bonds. The van der Waals surface area contributed by atoms with Crippen molar-refractivity contribution in [3.63, 3.8) is 0 Å². The van der Waals surface area contributed by atoms with Gasteiger partial charge in [0.05, 0.1) is 5.92 Å². The number of anilines is 1. The zero-order chi connectivity index (χ0) is 14.3. The third-order valence-electron chi connectivity index (χ3n) is 4.47. The summed E-state index contributed by atoms with van der Waals surface area (Å²) in [7, 11) is 0. The van der Waals surface area contributed by atoms with Crippen molar-refractivity contribution < 1.29 is 9.90 Å². The quantitative estimate of drug-likeness (QED) is 0.866. The number of aliphatic carboxylic acids is 1. The number of carboxylic acid groups (broad SMARTS) is 1. The number of fused-ring (bicyclic) bond motifs is 2. The van der Waals surface area contributed by atoms with Crippen LogP contribution >= 0.6 is 0 Å². The molecule has 4 atom stereocenters. The smallest absolute Gasteiger partial charge is 0.308 e. The van der Waals surface area contributed by atoms with Gasteiger partial charge in [-0.05, 0) is 44.1 Å². The van der Waals surface area contributed by atoms with Gasteiger partial charge in [0, 0.05) is 11.7 Å². The van der Waals surface area contributed by atoms with Crippen molar-refractivity contribution in [1.82, 2.24) is 9.97 Å². The Morgan fingerprint density at radius 2 is 2.20 bits per heavy atom. The van der Waals surface area contributed by atoms with Crippen LogP contribution in [-0.4, -0.2) is 27.1 Å². The molecule has 2 bridgehead atoms. The predicted molar refractivity (Wildman–Crippen MR) is 70.9 cm³/mol. The van der Waals surface area contributed by atoms with Gasteiger partial charge in [0.1, 0.15) is 11.8 Å². The van der Waals surface area contributed by atoms with Crippen molar-refractivity contribution in [1.29, 1.82) is 5.26 Å². The molecule has 1 heterocycles. The van der Waals surface area contributed by atoms with Crippen LogP contribution in [0.25, 0.3) is 0 Å². The molecule has 4 unspecified atom stereocenters. The minimum atomic E-state index is -0.747. The number of aromatic nitrogens is 2. The Hall–Kier alpha value is -2.16. The minimum Gasteiger partial charge on any atom is -0.481 e. The minimum absolute atomic E-state index is 0.125. The monoisotopic (exact) mass is 272 g/mol. The molecule has 0 aromatic carbocycles. The van der Waals surface area contributed by atoms with E-state index in [2.05, 4.69) is 15.3 Å². The van der Waals surface area contributed by atoms with E-state index in [9.17, 15) is 9.90 Å². The van der Waals surface area contributed by atoms with Gasteiger partial charge in [0.2, 0.25) is 5.95 Å². The first kappa shape index (κ1) is 12.9. The van der Waals surface area contributed by atoms with E-state index < -0.39 is 5.97 Å². The Bertz CT molecular complexity index is 595. The van der Waals surface area contributed by atoms with Crippen LogP contribution in [0.2, 0.25) is 0 Å². The summed E-state index contributed by atoms with van der Waals surface area (Å²) in [6.07, 6.45) is 3.02. The SMILES string of the molecule is Cc1cc(C#N)nc(NC2C3CCC(C3)C2C(=O)O)n1. The molecule has 2 aliphatic carbocycles. The number of nitriles is 1. The largest absolute Gasteiger partial charge is 0.481 e. The number of nitrogens with one attached hydrogen (secondary N) is 1. The first-order valence-corrected chi connectivity index (χ1v) is 6.83. The average Bonchev–Trinajstić information content (AvgIpc) is 2.98. The first-order valence-electron chi connectivity index (χ1n) is 6.83. The van der Waals surface area contributed by atoms with Crippen LogP contribution in [0.15, 0.2) is 6.07 Å².